The van der Waals surface area contributed by atoms with E-state index in [4.69, 9.17) is 0 Å². The molecule has 4 rings (SSSR count). The molecule has 1 N–H and O–H groups in total. The topological polar surface area (TPSA) is 56.6 Å². The monoisotopic (exact) mass is 422 g/mol. The molecule has 0 saturated carbocycles. The second-order valence-corrected chi connectivity index (χ2v) is 10.0. The van der Waals surface area contributed by atoms with Gasteiger partial charge in [0.1, 0.15) is 11.2 Å². The number of anilines is 1. The minimum absolute atomic E-state index is 0.0950. The van der Waals surface area contributed by atoms with Crippen molar-refractivity contribution in [3.05, 3.63) is 52.7 Å². The molecule has 0 spiro atoms. The number of hydrogen-bond acceptors (Lipinski definition) is 7. The van der Waals surface area contributed by atoms with Crippen LogP contribution in [0.4, 0.5) is 5.82 Å². The van der Waals surface area contributed by atoms with Crippen molar-refractivity contribution in [3.63, 3.8) is 0 Å². The highest BCUT2D eigenvalue weighted by Gasteiger charge is 2.19. The molecular weight excluding hydrogens is 392 g/mol. The molecule has 1 saturated heterocycles. The zero-order chi connectivity index (χ0) is 21.1. The predicted molar refractivity (Wildman–Crippen MR) is 127 cm³/mol. The fraction of sp³-hybridized carbons (Fsp3) is 0.435. The smallest absolute Gasteiger partial charge is 0.158 e. The number of fused-ring (bicyclic) bond motifs is 1. The van der Waals surface area contributed by atoms with Crippen molar-refractivity contribution in [1.29, 1.82) is 0 Å². The lowest BCUT2D eigenvalue weighted by atomic mass is 9.94. The van der Waals surface area contributed by atoms with E-state index in [0.717, 1.165) is 54.3 Å². The number of rotatable bonds is 5. The standard InChI is InChI=1S/C23H30N6S/c1-23(2,3)20-13-19-21(24-16-25-22(19)30-20)27-26-14-17-5-7-18(8-6-17)15-29-11-9-28(4)10-12-29/h5-8,13-14,16H,9-12,15H2,1-4H3,(H,24,25,27). The van der Waals surface area contributed by atoms with E-state index in [9.17, 15) is 0 Å². The van der Waals surface area contributed by atoms with Crippen LogP contribution in [0.1, 0.15) is 36.8 Å². The number of nitrogens with zero attached hydrogens (tertiary/aromatic N) is 5. The molecule has 3 aromatic rings. The van der Waals surface area contributed by atoms with Crippen molar-refractivity contribution in [2.45, 2.75) is 32.7 Å². The molecule has 1 fully saturated rings. The van der Waals surface area contributed by atoms with E-state index >= 15 is 0 Å². The van der Waals surface area contributed by atoms with Gasteiger partial charge in [0.25, 0.3) is 0 Å². The molecule has 0 aliphatic carbocycles. The summed E-state index contributed by atoms with van der Waals surface area (Å²) in [5.41, 5.74) is 5.60. The molecule has 30 heavy (non-hydrogen) atoms. The Balaban J connectivity index is 1.39. The Hall–Kier alpha value is -2.35. The summed E-state index contributed by atoms with van der Waals surface area (Å²) in [7, 11) is 2.19. The Morgan fingerprint density at radius 3 is 2.53 bits per heavy atom. The van der Waals surface area contributed by atoms with Gasteiger partial charge in [0.05, 0.1) is 11.6 Å². The highest BCUT2D eigenvalue weighted by molar-refractivity contribution is 7.18. The van der Waals surface area contributed by atoms with Crippen molar-refractivity contribution in [3.8, 4) is 0 Å². The maximum Gasteiger partial charge on any atom is 0.158 e. The maximum atomic E-state index is 4.41. The molecule has 0 amide bonds. The number of nitrogens with one attached hydrogen (secondary N) is 1. The number of hydrogen-bond donors (Lipinski definition) is 1. The lowest BCUT2D eigenvalue weighted by Gasteiger charge is -2.32. The molecule has 0 bridgehead atoms. The third-order valence-corrected chi connectivity index (χ3v) is 6.90. The highest BCUT2D eigenvalue weighted by atomic mass is 32.1. The van der Waals surface area contributed by atoms with Gasteiger partial charge in [-0.3, -0.25) is 10.3 Å². The predicted octanol–water partition coefficient (Wildman–Crippen LogP) is 4.18. The molecule has 1 aliphatic heterocycles. The first kappa shape index (κ1) is 20.9. The van der Waals surface area contributed by atoms with E-state index in [1.165, 1.54) is 10.4 Å². The van der Waals surface area contributed by atoms with Gasteiger partial charge in [-0.05, 0) is 29.7 Å². The molecule has 0 radical (unpaired) electrons. The van der Waals surface area contributed by atoms with E-state index in [0.29, 0.717) is 0 Å². The average Bonchev–Trinajstić information content (AvgIpc) is 3.17. The first-order valence-electron chi connectivity index (χ1n) is 10.4. The van der Waals surface area contributed by atoms with Gasteiger partial charge in [-0.1, -0.05) is 45.0 Å². The SMILES string of the molecule is CN1CCN(Cc2ccc(C=NNc3ncnc4sc(C(C)(C)C)cc34)cc2)CC1. The van der Waals surface area contributed by atoms with Gasteiger partial charge >= 0.3 is 0 Å². The zero-order valence-electron chi connectivity index (χ0n) is 18.2. The van der Waals surface area contributed by atoms with Crippen LogP contribution in [0, 0.1) is 0 Å². The lowest BCUT2D eigenvalue weighted by Crippen LogP contribution is -2.43. The highest BCUT2D eigenvalue weighted by Crippen LogP contribution is 2.35. The first-order valence-corrected chi connectivity index (χ1v) is 11.2. The van der Waals surface area contributed by atoms with Crippen molar-refractivity contribution in [1.82, 2.24) is 19.8 Å². The summed E-state index contributed by atoms with van der Waals surface area (Å²) in [6.07, 6.45) is 3.43. The van der Waals surface area contributed by atoms with Crippen molar-refractivity contribution in [2.24, 2.45) is 5.10 Å². The van der Waals surface area contributed by atoms with Crippen LogP contribution in [0.15, 0.2) is 41.8 Å². The quantitative estimate of drug-likeness (QED) is 0.494. The third-order valence-electron chi connectivity index (χ3n) is 5.43. The van der Waals surface area contributed by atoms with E-state index in [-0.39, 0.29) is 5.41 Å². The molecule has 0 atom stereocenters. The minimum Gasteiger partial charge on any atom is -0.304 e. The van der Waals surface area contributed by atoms with Gasteiger partial charge in [0.2, 0.25) is 0 Å². The summed E-state index contributed by atoms with van der Waals surface area (Å²) in [5, 5.41) is 5.43. The first-order chi connectivity index (χ1) is 14.4. The van der Waals surface area contributed by atoms with Gasteiger partial charge in [0, 0.05) is 37.6 Å². The van der Waals surface area contributed by atoms with E-state index in [1.54, 1.807) is 17.7 Å². The van der Waals surface area contributed by atoms with Crippen molar-refractivity contribution >= 4 is 33.6 Å². The Morgan fingerprint density at radius 1 is 1.10 bits per heavy atom. The van der Waals surface area contributed by atoms with Crippen LogP contribution in [-0.4, -0.2) is 59.2 Å². The zero-order valence-corrected chi connectivity index (χ0v) is 19.0. The Kier molecular flexibility index (Phi) is 6.13. The largest absolute Gasteiger partial charge is 0.304 e. The summed E-state index contributed by atoms with van der Waals surface area (Å²) < 4.78 is 0. The normalized spacial score (nSPS) is 16.5. The summed E-state index contributed by atoms with van der Waals surface area (Å²) in [6.45, 7) is 12.2. The van der Waals surface area contributed by atoms with Crippen LogP contribution in [0.5, 0.6) is 0 Å². The number of thiophene rings is 1. The second kappa shape index (κ2) is 8.79. The molecule has 0 unspecified atom stereocenters. The number of aromatic nitrogens is 2. The van der Waals surface area contributed by atoms with E-state index < -0.39 is 0 Å². The fourth-order valence-corrected chi connectivity index (χ4v) is 4.51. The van der Waals surface area contributed by atoms with Gasteiger partial charge in [-0.25, -0.2) is 9.97 Å². The van der Waals surface area contributed by atoms with Crippen molar-refractivity contribution in [2.75, 3.05) is 38.7 Å². The van der Waals surface area contributed by atoms with Gasteiger partial charge in [-0.15, -0.1) is 11.3 Å². The Morgan fingerprint density at radius 2 is 1.83 bits per heavy atom. The second-order valence-electron chi connectivity index (χ2n) is 8.99. The fourth-order valence-electron chi connectivity index (χ4n) is 3.46. The number of hydrazone groups is 1. The van der Waals surface area contributed by atoms with E-state index in [2.05, 4.69) is 88.4 Å². The summed E-state index contributed by atoms with van der Waals surface area (Å²) in [4.78, 5) is 16.0. The number of benzene rings is 1. The summed E-state index contributed by atoms with van der Waals surface area (Å²) in [5.74, 6) is 0.745. The third kappa shape index (κ3) is 5.03. The maximum absolute atomic E-state index is 4.41. The number of likely N-dealkylation sites (N-methyl/N-ethyl adjacent to an activating group) is 1. The molecule has 3 heterocycles. The van der Waals surface area contributed by atoms with Crippen LogP contribution in [0.2, 0.25) is 0 Å². The lowest BCUT2D eigenvalue weighted by molar-refractivity contribution is 0.148. The van der Waals surface area contributed by atoms with Gasteiger partial charge in [-0.2, -0.15) is 5.10 Å². The number of piperazine rings is 1. The molecule has 7 heteroatoms. The molecular formula is C23H30N6S. The van der Waals surface area contributed by atoms with Crippen LogP contribution in [0.3, 0.4) is 0 Å². The van der Waals surface area contributed by atoms with Crippen LogP contribution in [-0.2, 0) is 12.0 Å². The average molecular weight is 423 g/mol. The van der Waals surface area contributed by atoms with E-state index in [1.807, 2.05) is 6.21 Å². The molecule has 6 nitrogen and oxygen atoms in total. The minimum atomic E-state index is 0.0950. The summed E-state index contributed by atoms with van der Waals surface area (Å²) >= 11 is 1.71. The molecule has 1 aliphatic rings. The van der Waals surface area contributed by atoms with Crippen LogP contribution in [0.25, 0.3) is 10.2 Å². The van der Waals surface area contributed by atoms with Crippen LogP contribution < -0.4 is 5.43 Å². The van der Waals surface area contributed by atoms with Crippen molar-refractivity contribution < 1.29 is 0 Å². The molecule has 2 aromatic heterocycles. The Bertz CT molecular complexity index is 1010. The molecule has 1 aromatic carbocycles. The van der Waals surface area contributed by atoms with Gasteiger partial charge in [0.15, 0.2) is 5.82 Å². The van der Waals surface area contributed by atoms with Crippen LogP contribution >= 0.6 is 11.3 Å². The molecule has 158 valence electrons. The van der Waals surface area contributed by atoms with Gasteiger partial charge < -0.3 is 4.90 Å². The summed E-state index contributed by atoms with van der Waals surface area (Å²) in [6, 6.07) is 10.8. The Labute approximate surface area is 182 Å².